The first-order valence-corrected chi connectivity index (χ1v) is 7.39. The molecule has 1 aromatic carbocycles. The predicted octanol–water partition coefficient (Wildman–Crippen LogP) is 3.58. The van der Waals surface area contributed by atoms with Gasteiger partial charge in [0.05, 0.1) is 5.69 Å². The molecule has 0 bridgehead atoms. The van der Waals surface area contributed by atoms with Gasteiger partial charge in [0, 0.05) is 11.8 Å². The number of halogens is 2. The van der Waals surface area contributed by atoms with E-state index in [0.29, 0.717) is 11.3 Å². The first-order valence-electron chi connectivity index (χ1n) is 7.39. The van der Waals surface area contributed by atoms with Crippen molar-refractivity contribution >= 4 is 5.97 Å². The van der Waals surface area contributed by atoms with Gasteiger partial charge >= 0.3 is 5.97 Å². The normalized spacial score (nSPS) is 11.1. The number of carboxylic acids is 1. The first-order chi connectivity index (χ1) is 11.8. The number of carbonyl (C=O) groups is 1. The van der Waals surface area contributed by atoms with Crippen LogP contribution in [0.25, 0.3) is 17.2 Å². The van der Waals surface area contributed by atoms with E-state index in [1.165, 1.54) is 18.3 Å². The number of alkyl halides is 2. The molecule has 3 aromatic rings. The lowest BCUT2D eigenvalue weighted by Gasteiger charge is -2.09. The van der Waals surface area contributed by atoms with Gasteiger partial charge in [-0.15, -0.1) is 0 Å². The number of aromatic carboxylic acids is 1. The van der Waals surface area contributed by atoms with Crippen LogP contribution in [0.1, 0.15) is 33.7 Å². The average molecular weight is 344 g/mol. The van der Waals surface area contributed by atoms with Gasteiger partial charge in [0.2, 0.25) is 0 Å². The molecule has 0 aliphatic rings. The summed E-state index contributed by atoms with van der Waals surface area (Å²) in [4.78, 5) is 19.0. The van der Waals surface area contributed by atoms with Gasteiger partial charge in [0.1, 0.15) is 5.69 Å². The van der Waals surface area contributed by atoms with Gasteiger partial charge in [-0.05, 0) is 43.2 Å². The minimum atomic E-state index is -2.79. The molecule has 0 spiro atoms. The van der Waals surface area contributed by atoms with E-state index >= 15 is 0 Å². The molecule has 1 N–H and O–H groups in total. The molecule has 0 amide bonds. The summed E-state index contributed by atoms with van der Waals surface area (Å²) in [7, 11) is 0. The molecule has 8 heteroatoms. The summed E-state index contributed by atoms with van der Waals surface area (Å²) in [6.45, 7) is 3.87. The fourth-order valence-corrected chi connectivity index (χ4v) is 2.27. The van der Waals surface area contributed by atoms with Crippen molar-refractivity contribution in [3.05, 3.63) is 59.0 Å². The minimum absolute atomic E-state index is 0.112. The number of aromatic nitrogens is 4. The molecule has 6 nitrogen and oxygen atoms in total. The van der Waals surface area contributed by atoms with Crippen molar-refractivity contribution in [3.63, 3.8) is 0 Å². The maximum absolute atomic E-state index is 13.2. The van der Waals surface area contributed by atoms with Crippen LogP contribution in [0.15, 0.2) is 36.5 Å². The Hall–Kier alpha value is -3.16. The number of hydrogen-bond donors (Lipinski definition) is 1. The number of aryl methyl sites for hydroxylation is 2. The van der Waals surface area contributed by atoms with Crippen molar-refractivity contribution in [2.45, 2.75) is 20.3 Å². The number of nitrogens with zero attached hydrogens (tertiary/aromatic N) is 4. The van der Waals surface area contributed by atoms with Gasteiger partial charge in [-0.1, -0.05) is 12.1 Å². The molecule has 0 unspecified atom stereocenters. The summed E-state index contributed by atoms with van der Waals surface area (Å²) in [6, 6.07) is 7.99. The molecule has 0 aliphatic heterocycles. The fraction of sp³-hybridized carbons (Fsp3) is 0.176. The van der Waals surface area contributed by atoms with Crippen LogP contribution in [0.2, 0.25) is 0 Å². The van der Waals surface area contributed by atoms with Crippen molar-refractivity contribution in [1.82, 2.24) is 19.7 Å². The molecule has 3 rings (SSSR count). The van der Waals surface area contributed by atoms with E-state index in [1.54, 1.807) is 6.07 Å². The summed E-state index contributed by atoms with van der Waals surface area (Å²) in [5.41, 5.74) is 2.38. The number of carboxylic acid groups (broad SMARTS) is 1. The van der Waals surface area contributed by atoms with Crippen LogP contribution in [0, 0.1) is 13.8 Å². The summed E-state index contributed by atoms with van der Waals surface area (Å²) >= 11 is 0. The largest absolute Gasteiger partial charge is 0.476 e. The highest BCUT2D eigenvalue weighted by molar-refractivity contribution is 5.85. The maximum atomic E-state index is 13.2. The number of benzene rings is 1. The van der Waals surface area contributed by atoms with Crippen molar-refractivity contribution in [2.75, 3.05) is 0 Å². The zero-order valence-corrected chi connectivity index (χ0v) is 13.4. The summed E-state index contributed by atoms with van der Waals surface area (Å²) in [6.07, 6.45) is -1.47. The van der Waals surface area contributed by atoms with E-state index in [0.717, 1.165) is 15.8 Å². The van der Waals surface area contributed by atoms with Crippen LogP contribution in [-0.4, -0.2) is 30.8 Å². The molecule has 0 saturated carbocycles. The Kier molecular flexibility index (Phi) is 4.26. The SMILES string of the molecule is Cc1ccc(-c2cc(C(F)F)nc(-n3ccc(C(=O)O)n3)n2)cc1C. The lowest BCUT2D eigenvalue weighted by molar-refractivity contribution is 0.0690. The molecule has 0 atom stereocenters. The zero-order valence-electron chi connectivity index (χ0n) is 13.4. The molecule has 0 radical (unpaired) electrons. The Morgan fingerprint density at radius 2 is 1.88 bits per heavy atom. The number of hydrogen-bond acceptors (Lipinski definition) is 4. The van der Waals surface area contributed by atoms with Gasteiger partial charge in [0.25, 0.3) is 12.4 Å². The second kappa shape index (κ2) is 6.39. The lowest BCUT2D eigenvalue weighted by Crippen LogP contribution is -2.07. The monoisotopic (exact) mass is 344 g/mol. The molecule has 0 fully saturated rings. The van der Waals surface area contributed by atoms with Crippen molar-refractivity contribution in [1.29, 1.82) is 0 Å². The van der Waals surface area contributed by atoms with E-state index in [4.69, 9.17) is 5.11 Å². The molecule has 0 saturated heterocycles. The van der Waals surface area contributed by atoms with Crippen LogP contribution in [0.5, 0.6) is 0 Å². The first kappa shape index (κ1) is 16.7. The van der Waals surface area contributed by atoms with E-state index < -0.39 is 18.1 Å². The molecular formula is C17H14F2N4O2. The average Bonchev–Trinajstić information content (AvgIpc) is 3.07. The maximum Gasteiger partial charge on any atom is 0.356 e. The van der Waals surface area contributed by atoms with Crippen molar-refractivity contribution < 1.29 is 18.7 Å². The minimum Gasteiger partial charge on any atom is -0.476 e. The molecular weight excluding hydrogens is 330 g/mol. The quantitative estimate of drug-likeness (QED) is 0.782. The predicted molar refractivity (Wildman–Crippen MR) is 86.0 cm³/mol. The highest BCUT2D eigenvalue weighted by atomic mass is 19.3. The Labute approximate surface area is 141 Å². The molecule has 2 heterocycles. The summed E-state index contributed by atoms with van der Waals surface area (Å²) < 4.78 is 27.5. The third-order valence-corrected chi connectivity index (χ3v) is 3.77. The lowest BCUT2D eigenvalue weighted by atomic mass is 10.0. The Morgan fingerprint density at radius 3 is 2.48 bits per heavy atom. The standard InChI is InChI=1S/C17H14F2N4O2/c1-9-3-4-11(7-10(9)2)13-8-14(15(18)19)21-17(20-13)23-6-5-12(22-23)16(24)25/h3-8,15H,1-2H3,(H,24,25). The second-order valence-corrected chi connectivity index (χ2v) is 5.53. The van der Waals surface area contributed by atoms with Gasteiger partial charge < -0.3 is 5.11 Å². The van der Waals surface area contributed by atoms with Gasteiger partial charge in [-0.2, -0.15) is 5.10 Å². The van der Waals surface area contributed by atoms with Gasteiger partial charge in [0.15, 0.2) is 5.69 Å². The highest BCUT2D eigenvalue weighted by Gasteiger charge is 2.17. The van der Waals surface area contributed by atoms with Crippen LogP contribution in [0.3, 0.4) is 0 Å². The Balaban J connectivity index is 2.14. The van der Waals surface area contributed by atoms with Crippen LogP contribution >= 0.6 is 0 Å². The summed E-state index contributed by atoms with van der Waals surface area (Å²) in [5, 5.41) is 12.7. The number of rotatable bonds is 4. The fourth-order valence-electron chi connectivity index (χ4n) is 2.27. The second-order valence-electron chi connectivity index (χ2n) is 5.53. The Bertz CT molecular complexity index is 954. The van der Waals surface area contributed by atoms with Gasteiger partial charge in [-0.25, -0.2) is 28.2 Å². The van der Waals surface area contributed by atoms with Crippen LogP contribution in [0.4, 0.5) is 8.78 Å². The van der Waals surface area contributed by atoms with E-state index in [9.17, 15) is 13.6 Å². The zero-order chi connectivity index (χ0) is 18.1. The van der Waals surface area contributed by atoms with Crippen LogP contribution in [-0.2, 0) is 0 Å². The molecule has 0 aliphatic carbocycles. The third-order valence-electron chi connectivity index (χ3n) is 3.77. The molecule has 25 heavy (non-hydrogen) atoms. The molecule has 2 aromatic heterocycles. The Morgan fingerprint density at radius 1 is 1.12 bits per heavy atom. The van der Waals surface area contributed by atoms with Gasteiger partial charge in [-0.3, -0.25) is 0 Å². The van der Waals surface area contributed by atoms with Crippen molar-refractivity contribution in [3.8, 4) is 17.2 Å². The van der Waals surface area contributed by atoms with E-state index in [-0.39, 0.29) is 11.6 Å². The topological polar surface area (TPSA) is 80.9 Å². The third kappa shape index (κ3) is 3.37. The van der Waals surface area contributed by atoms with E-state index in [2.05, 4.69) is 15.1 Å². The van der Waals surface area contributed by atoms with Crippen LogP contribution < -0.4 is 0 Å². The highest BCUT2D eigenvalue weighted by Crippen LogP contribution is 2.25. The molecule has 128 valence electrons. The van der Waals surface area contributed by atoms with Crippen molar-refractivity contribution in [2.24, 2.45) is 0 Å². The van der Waals surface area contributed by atoms with E-state index in [1.807, 2.05) is 26.0 Å². The smallest absolute Gasteiger partial charge is 0.356 e. The summed E-state index contributed by atoms with van der Waals surface area (Å²) in [5.74, 6) is -1.34.